The summed E-state index contributed by atoms with van der Waals surface area (Å²) in [7, 11) is 0. The van der Waals surface area contributed by atoms with E-state index in [0.29, 0.717) is 0 Å². The van der Waals surface area contributed by atoms with Gasteiger partial charge < -0.3 is 16.2 Å². The molecule has 0 saturated heterocycles. The summed E-state index contributed by atoms with van der Waals surface area (Å²) < 4.78 is 4.57. The Bertz CT molecular complexity index is 425. The van der Waals surface area contributed by atoms with Crippen molar-refractivity contribution in [2.45, 2.75) is 0 Å². The number of nitrogen functional groups attached to an aromatic ring is 1. The molecule has 1 aromatic carbocycles. The first kappa shape index (κ1) is 12.6. The minimum Gasteiger partial charge on any atom is -0.452 e. The number of hydrogen-bond donors (Lipinski definition) is 2. The average Bonchev–Trinajstić information content (AvgIpc) is 2.21. The molecule has 5 nitrogen and oxygen atoms in total. The molecule has 0 aliphatic carbocycles. The third-order valence-electron chi connectivity index (χ3n) is 1.64. The van der Waals surface area contributed by atoms with Crippen LogP contribution in [0.4, 0.5) is 5.69 Å². The molecular formula is C9H8Cl2N2O3. The molecule has 1 amide bonds. The Balaban J connectivity index is 2.88. The smallest absolute Gasteiger partial charge is 0.338 e. The molecule has 4 N–H and O–H groups in total. The van der Waals surface area contributed by atoms with Crippen LogP contribution in [0.25, 0.3) is 0 Å². The molecule has 0 aliphatic rings. The van der Waals surface area contributed by atoms with E-state index in [9.17, 15) is 9.59 Å². The minimum absolute atomic E-state index is 0.105. The van der Waals surface area contributed by atoms with Gasteiger partial charge in [-0.1, -0.05) is 23.2 Å². The van der Waals surface area contributed by atoms with E-state index in [1.54, 1.807) is 0 Å². The van der Waals surface area contributed by atoms with Crippen molar-refractivity contribution in [1.82, 2.24) is 0 Å². The normalized spacial score (nSPS) is 9.88. The van der Waals surface area contributed by atoms with Gasteiger partial charge in [-0.3, -0.25) is 4.79 Å². The highest BCUT2D eigenvalue weighted by atomic mass is 35.5. The number of anilines is 1. The van der Waals surface area contributed by atoms with Crippen molar-refractivity contribution >= 4 is 40.8 Å². The highest BCUT2D eigenvalue weighted by molar-refractivity contribution is 6.43. The number of primary amides is 1. The van der Waals surface area contributed by atoms with Crippen molar-refractivity contribution in [3.8, 4) is 0 Å². The van der Waals surface area contributed by atoms with E-state index in [-0.39, 0.29) is 21.3 Å². The zero-order chi connectivity index (χ0) is 12.3. The van der Waals surface area contributed by atoms with Gasteiger partial charge in [-0.15, -0.1) is 0 Å². The van der Waals surface area contributed by atoms with Crippen molar-refractivity contribution < 1.29 is 14.3 Å². The largest absolute Gasteiger partial charge is 0.452 e. The fraction of sp³-hybridized carbons (Fsp3) is 0.111. The lowest BCUT2D eigenvalue weighted by Gasteiger charge is -2.05. The lowest BCUT2D eigenvalue weighted by molar-refractivity contribution is -0.121. The Labute approximate surface area is 101 Å². The van der Waals surface area contributed by atoms with E-state index in [1.807, 2.05) is 0 Å². The number of carbonyl (C=O) groups excluding carboxylic acids is 2. The van der Waals surface area contributed by atoms with Crippen LogP contribution in [0.1, 0.15) is 10.4 Å². The monoisotopic (exact) mass is 262 g/mol. The predicted octanol–water partition coefficient (Wildman–Crippen LogP) is 1.22. The molecule has 0 aliphatic heterocycles. The summed E-state index contributed by atoms with van der Waals surface area (Å²) in [6.07, 6.45) is 0. The van der Waals surface area contributed by atoms with Crippen LogP contribution in [-0.4, -0.2) is 18.5 Å². The molecule has 1 aromatic rings. The molecule has 86 valence electrons. The molecule has 0 radical (unpaired) electrons. The van der Waals surface area contributed by atoms with E-state index in [2.05, 4.69) is 4.74 Å². The molecule has 0 atom stereocenters. The number of amides is 1. The Kier molecular flexibility index (Phi) is 3.98. The molecule has 16 heavy (non-hydrogen) atoms. The van der Waals surface area contributed by atoms with E-state index >= 15 is 0 Å². The van der Waals surface area contributed by atoms with Gasteiger partial charge in [0.15, 0.2) is 6.61 Å². The number of rotatable bonds is 3. The van der Waals surface area contributed by atoms with Crippen molar-refractivity contribution in [3.05, 3.63) is 27.7 Å². The summed E-state index contributed by atoms with van der Waals surface area (Å²) in [5, 5.41) is 0.292. The lowest BCUT2D eigenvalue weighted by atomic mass is 10.2. The summed E-state index contributed by atoms with van der Waals surface area (Å²) in [4.78, 5) is 21.8. The van der Waals surface area contributed by atoms with Gasteiger partial charge in [0.25, 0.3) is 5.91 Å². The molecule has 0 fully saturated rings. The van der Waals surface area contributed by atoms with E-state index < -0.39 is 18.5 Å². The Morgan fingerprint density at radius 3 is 2.44 bits per heavy atom. The Hall–Kier alpha value is -1.46. The number of hydrogen-bond acceptors (Lipinski definition) is 4. The number of carbonyl (C=O) groups is 2. The Morgan fingerprint density at radius 1 is 1.31 bits per heavy atom. The van der Waals surface area contributed by atoms with Gasteiger partial charge in [-0.25, -0.2) is 4.79 Å². The molecule has 0 unspecified atom stereocenters. The second-order valence-electron chi connectivity index (χ2n) is 2.90. The molecule has 1 rings (SSSR count). The van der Waals surface area contributed by atoms with E-state index in [1.165, 1.54) is 12.1 Å². The van der Waals surface area contributed by atoms with Gasteiger partial charge in [-0.2, -0.15) is 0 Å². The zero-order valence-electron chi connectivity index (χ0n) is 8.00. The van der Waals surface area contributed by atoms with Gasteiger partial charge in [-0.05, 0) is 12.1 Å². The molecular weight excluding hydrogens is 255 g/mol. The molecule has 0 bridgehead atoms. The van der Waals surface area contributed by atoms with Gasteiger partial charge in [0.2, 0.25) is 0 Å². The highest BCUT2D eigenvalue weighted by Crippen LogP contribution is 2.29. The van der Waals surface area contributed by atoms with E-state index in [0.717, 1.165) is 0 Å². The first-order valence-corrected chi connectivity index (χ1v) is 4.87. The first-order valence-electron chi connectivity index (χ1n) is 4.11. The number of halogens is 2. The fourth-order valence-electron chi connectivity index (χ4n) is 0.948. The van der Waals surface area contributed by atoms with Crippen LogP contribution in [0, 0.1) is 0 Å². The minimum atomic E-state index is -0.749. The van der Waals surface area contributed by atoms with Crippen molar-refractivity contribution in [1.29, 1.82) is 0 Å². The van der Waals surface area contributed by atoms with Crippen molar-refractivity contribution in [3.63, 3.8) is 0 Å². The van der Waals surface area contributed by atoms with Gasteiger partial charge in [0.1, 0.15) is 0 Å². The first-order chi connectivity index (χ1) is 7.41. The number of esters is 1. The number of ether oxygens (including phenoxy) is 1. The maximum absolute atomic E-state index is 11.4. The summed E-state index contributed by atoms with van der Waals surface area (Å²) in [5.41, 5.74) is 10.6. The standard InChI is InChI=1S/C9H8Cl2N2O3/c10-5-1-4(2-6(12)8(5)11)9(15)16-3-7(13)14/h1-2H,3,12H2,(H2,13,14). The quantitative estimate of drug-likeness (QED) is 0.633. The molecule has 0 saturated carbocycles. The maximum atomic E-state index is 11.4. The van der Waals surface area contributed by atoms with Crippen LogP contribution in [-0.2, 0) is 9.53 Å². The summed E-state index contributed by atoms with van der Waals surface area (Å²) >= 11 is 11.4. The van der Waals surface area contributed by atoms with E-state index in [4.69, 9.17) is 34.7 Å². The number of nitrogens with two attached hydrogens (primary N) is 2. The average molecular weight is 263 g/mol. The van der Waals surface area contributed by atoms with Crippen LogP contribution in [0.15, 0.2) is 12.1 Å². The van der Waals surface area contributed by atoms with Gasteiger partial charge >= 0.3 is 5.97 Å². The van der Waals surface area contributed by atoms with Crippen molar-refractivity contribution in [2.75, 3.05) is 12.3 Å². The second-order valence-corrected chi connectivity index (χ2v) is 3.69. The lowest BCUT2D eigenvalue weighted by Crippen LogP contribution is -2.21. The third kappa shape index (κ3) is 3.01. The topological polar surface area (TPSA) is 95.4 Å². The van der Waals surface area contributed by atoms with Gasteiger partial charge in [0, 0.05) is 0 Å². The van der Waals surface area contributed by atoms with Crippen LogP contribution in [0.2, 0.25) is 10.0 Å². The third-order valence-corrected chi connectivity index (χ3v) is 2.45. The molecule has 7 heteroatoms. The zero-order valence-corrected chi connectivity index (χ0v) is 9.51. The summed E-state index contributed by atoms with van der Waals surface area (Å²) in [6.45, 7) is -0.501. The second kappa shape index (κ2) is 5.05. The molecule has 0 heterocycles. The summed E-state index contributed by atoms with van der Waals surface area (Å²) in [5.74, 6) is -1.49. The van der Waals surface area contributed by atoms with Crippen molar-refractivity contribution in [2.24, 2.45) is 5.73 Å². The SMILES string of the molecule is NC(=O)COC(=O)c1cc(N)c(Cl)c(Cl)c1. The molecule has 0 spiro atoms. The van der Waals surface area contributed by atoms with Crippen LogP contribution in [0.3, 0.4) is 0 Å². The summed E-state index contributed by atoms with van der Waals surface area (Å²) in [6, 6.07) is 2.60. The van der Waals surface area contributed by atoms with Crippen LogP contribution in [0.5, 0.6) is 0 Å². The maximum Gasteiger partial charge on any atom is 0.338 e. The molecule has 0 aromatic heterocycles. The van der Waals surface area contributed by atoms with Gasteiger partial charge in [0.05, 0.1) is 21.3 Å². The number of benzene rings is 1. The van der Waals surface area contributed by atoms with Crippen LogP contribution < -0.4 is 11.5 Å². The Morgan fingerprint density at radius 2 is 1.94 bits per heavy atom. The van der Waals surface area contributed by atoms with Crippen LogP contribution >= 0.6 is 23.2 Å². The fourth-order valence-corrected chi connectivity index (χ4v) is 1.28. The highest BCUT2D eigenvalue weighted by Gasteiger charge is 2.13. The predicted molar refractivity (Wildman–Crippen MR) is 60.4 cm³/mol.